The number of aromatic hydroxyl groups is 1. The van der Waals surface area contributed by atoms with E-state index in [0.29, 0.717) is 16.9 Å². The third-order valence-electron chi connectivity index (χ3n) is 3.58. The van der Waals surface area contributed by atoms with Crippen LogP contribution < -0.4 is 0 Å². The molecule has 1 atom stereocenters. The van der Waals surface area contributed by atoms with Crippen LogP contribution in [0, 0.1) is 5.92 Å². The predicted octanol–water partition coefficient (Wildman–Crippen LogP) is 5.55. The zero-order chi connectivity index (χ0) is 16.7. The van der Waals surface area contributed by atoms with Gasteiger partial charge in [-0.25, -0.2) is 0 Å². The number of benzene rings is 1. The molecule has 120 valence electrons. The van der Waals surface area contributed by atoms with Crippen LogP contribution in [0.15, 0.2) is 36.6 Å². The van der Waals surface area contributed by atoms with E-state index in [2.05, 4.69) is 20.4 Å². The summed E-state index contributed by atoms with van der Waals surface area (Å²) < 4.78 is 5.54. The molecule has 0 bridgehead atoms. The maximum atomic E-state index is 10.2. The van der Waals surface area contributed by atoms with Gasteiger partial charge in [0, 0.05) is 11.1 Å². The Labute approximate surface area is 137 Å². The number of allylic oxidation sites excluding steroid dienone is 2. The Morgan fingerprint density at radius 1 is 1.45 bits per heavy atom. The Morgan fingerprint density at radius 2 is 2.14 bits per heavy atom. The van der Waals surface area contributed by atoms with Gasteiger partial charge in [0.2, 0.25) is 0 Å². The van der Waals surface area contributed by atoms with E-state index in [0.717, 1.165) is 24.7 Å². The lowest BCUT2D eigenvalue weighted by atomic mass is 9.92. The van der Waals surface area contributed by atoms with Crippen LogP contribution in [0.4, 0.5) is 0 Å². The molecule has 0 aliphatic rings. The van der Waals surface area contributed by atoms with E-state index in [9.17, 15) is 5.11 Å². The molecule has 0 radical (unpaired) electrons. The zero-order valence-corrected chi connectivity index (χ0v) is 14.0. The van der Waals surface area contributed by atoms with Crippen LogP contribution in [0.1, 0.15) is 37.8 Å². The molecule has 0 aliphatic heterocycles. The summed E-state index contributed by atoms with van der Waals surface area (Å²) in [7, 11) is 1.58. The summed E-state index contributed by atoms with van der Waals surface area (Å²) in [5.74, 6) is 0.786. The van der Waals surface area contributed by atoms with Crippen molar-refractivity contribution in [1.29, 1.82) is 0 Å². The monoisotopic (exact) mass is 322 g/mol. The average molecular weight is 323 g/mol. The zero-order valence-electron chi connectivity index (χ0n) is 13.3. The number of rotatable bonds is 7. The molecular formula is C18H23ClO3. The van der Waals surface area contributed by atoms with Crippen molar-refractivity contribution in [2.24, 2.45) is 5.92 Å². The highest BCUT2D eigenvalue weighted by Gasteiger charge is 2.19. The molecule has 1 unspecified atom stereocenters. The fourth-order valence-electron chi connectivity index (χ4n) is 2.46. The molecular weight excluding hydrogens is 300 g/mol. The first-order valence-corrected chi connectivity index (χ1v) is 7.62. The number of aliphatic hydroxyl groups is 1. The Kier molecular flexibility index (Phi) is 7.06. The lowest BCUT2D eigenvalue weighted by molar-refractivity contribution is 0.362. The molecule has 0 fully saturated rings. The van der Waals surface area contributed by atoms with E-state index in [4.69, 9.17) is 21.4 Å². The summed E-state index contributed by atoms with van der Waals surface area (Å²) in [6.45, 7) is 8.10. The van der Waals surface area contributed by atoms with E-state index < -0.39 is 0 Å². The van der Waals surface area contributed by atoms with Crippen molar-refractivity contribution < 1.29 is 14.9 Å². The van der Waals surface area contributed by atoms with Gasteiger partial charge >= 0.3 is 0 Å². The predicted molar refractivity (Wildman–Crippen MR) is 93.0 cm³/mol. The average Bonchev–Trinajstić information content (AvgIpc) is 2.50. The third-order valence-corrected chi connectivity index (χ3v) is 3.97. The molecule has 3 nitrogen and oxygen atoms in total. The van der Waals surface area contributed by atoms with Crippen molar-refractivity contribution in [2.45, 2.75) is 26.7 Å². The highest BCUT2D eigenvalue weighted by Crippen LogP contribution is 2.38. The number of hydrogen-bond donors (Lipinski definition) is 2. The molecule has 2 N–H and O–H groups in total. The highest BCUT2D eigenvalue weighted by atomic mass is 35.5. The summed E-state index contributed by atoms with van der Waals surface area (Å²) in [5, 5.41) is 19.2. The van der Waals surface area contributed by atoms with Crippen molar-refractivity contribution >= 4 is 23.4 Å². The number of ether oxygens (including phenoxy) is 1. The molecule has 1 aromatic carbocycles. The Morgan fingerprint density at radius 3 is 2.64 bits per heavy atom. The van der Waals surface area contributed by atoms with E-state index in [-0.39, 0.29) is 16.7 Å². The standard InChI is InChI=1S/C18H23ClO3/c1-5-7-12(3)14(6-2)18(22-4)15-9-8-13(10-11-20)17(21)16(15)19/h6,8-12,20-21H,2,5,7H2,1,3-4H3/b11-10+,18-14+. The summed E-state index contributed by atoms with van der Waals surface area (Å²) in [5.41, 5.74) is 2.00. The summed E-state index contributed by atoms with van der Waals surface area (Å²) in [6.07, 6.45) is 6.05. The molecule has 0 aromatic heterocycles. The number of phenols is 1. The van der Waals surface area contributed by atoms with Gasteiger partial charge in [-0.15, -0.1) is 0 Å². The van der Waals surface area contributed by atoms with Gasteiger partial charge in [-0.05, 0) is 30.1 Å². The van der Waals surface area contributed by atoms with E-state index in [1.165, 1.54) is 6.08 Å². The summed E-state index contributed by atoms with van der Waals surface area (Å²) in [6, 6.07) is 3.44. The largest absolute Gasteiger partial charge is 0.516 e. The molecule has 0 saturated heterocycles. The minimum atomic E-state index is -0.0921. The molecule has 4 heteroatoms. The van der Waals surface area contributed by atoms with E-state index in [1.54, 1.807) is 25.3 Å². The highest BCUT2D eigenvalue weighted by molar-refractivity contribution is 6.34. The Hall–Kier alpha value is -1.87. The molecule has 0 saturated carbocycles. The third kappa shape index (κ3) is 3.86. The van der Waals surface area contributed by atoms with E-state index >= 15 is 0 Å². The van der Waals surface area contributed by atoms with Gasteiger partial charge in [-0.3, -0.25) is 0 Å². The van der Waals surface area contributed by atoms with Crippen LogP contribution in [-0.2, 0) is 4.74 Å². The maximum Gasteiger partial charge on any atom is 0.142 e. The minimum absolute atomic E-state index is 0.0921. The van der Waals surface area contributed by atoms with Gasteiger partial charge in [-0.1, -0.05) is 50.6 Å². The molecule has 0 heterocycles. The fourth-order valence-corrected chi connectivity index (χ4v) is 2.72. The Balaban J connectivity index is 3.47. The van der Waals surface area contributed by atoms with Crippen molar-refractivity contribution in [3.63, 3.8) is 0 Å². The van der Waals surface area contributed by atoms with Crippen LogP contribution in [0.3, 0.4) is 0 Å². The van der Waals surface area contributed by atoms with Crippen LogP contribution in [-0.4, -0.2) is 17.3 Å². The Bertz CT molecular complexity index is 588. The first-order valence-electron chi connectivity index (χ1n) is 7.24. The molecule has 22 heavy (non-hydrogen) atoms. The van der Waals surface area contributed by atoms with Gasteiger partial charge in [0.1, 0.15) is 11.5 Å². The quantitative estimate of drug-likeness (QED) is 0.511. The van der Waals surface area contributed by atoms with Crippen molar-refractivity contribution in [2.75, 3.05) is 7.11 Å². The molecule has 1 rings (SSSR count). The van der Waals surface area contributed by atoms with Gasteiger partial charge < -0.3 is 14.9 Å². The topological polar surface area (TPSA) is 49.7 Å². The fraction of sp³-hybridized carbons (Fsp3) is 0.333. The smallest absolute Gasteiger partial charge is 0.142 e. The molecule has 0 spiro atoms. The van der Waals surface area contributed by atoms with Crippen molar-refractivity contribution in [3.05, 3.63) is 52.8 Å². The molecule has 0 amide bonds. The number of hydrogen-bond acceptors (Lipinski definition) is 3. The normalized spacial score (nSPS) is 13.8. The maximum absolute atomic E-state index is 10.2. The van der Waals surface area contributed by atoms with Gasteiger partial charge in [0.05, 0.1) is 18.4 Å². The van der Waals surface area contributed by atoms with E-state index in [1.807, 2.05) is 0 Å². The minimum Gasteiger partial charge on any atom is -0.516 e. The lowest BCUT2D eigenvalue weighted by Gasteiger charge is -2.19. The number of phenolic OH excluding ortho intramolecular Hbond substituents is 1. The van der Waals surface area contributed by atoms with Crippen LogP contribution in [0.5, 0.6) is 5.75 Å². The second-order valence-corrected chi connectivity index (χ2v) is 5.44. The summed E-state index contributed by atoms with van der Waals surface area (Å²) >= 11 is 6.28. The van der Waals surface area contributed by atoms with Crippen molar-refractivity contribution in [1.82, 2.24) is 0 Å². The second kappa shape index (κ2) is 8.54. The number of halogens is 1. The van der Waals surface area contributed by atoms with Gasteiger partial charge in [0.25, 0.3) is 0 Å². The number of aliphatic hydroxyl groups excluding tert-OH is 1. The van der Waals surface area contributed by atoms with Crippen LogP contribution in [0.2, 0.25) is 5.02 Å². The van der Waals surface area contributed by atoms with Gasteiger partial charge in [-0.2, -0.15) is 0 Å². The van der Waals surface area contributed by atoms with Crippen LogP contribution >= 0.6 is 11.6 Å². The van der Waals surface area contributed by atoms with Gasteiger partial charge in [0.15, 0.2) is 0 Å². The molecule has 1 aromatic rings. The first kappa shape index (κ1) is 18.2. The van der Waals surface area contributed by atoms with Crippen LogP contribution in [0.25, 0.3) is 11.8 Å². The summed E-state index contributed by atoms with van der Waals surface area (Å²) in [4.78, 5) is 0. The second-order valence-electron chi connectivity index (χ2n) is 5.06. The number of methoxy groups -OCH3 is 1. The first-order chi connectivity index (χ1) is 10.5. The lowest BCUT2D eigenvalue weighted by Crippen LogP contribution is -2.03. The SMILES string of the molecule is C=C/C(=C(\OC)c1ccc(/C=C/O)c(O)c1Cl)C(C)CCC. The van der Waals surface area contributed by atoms with Crippen molar-refractivity contribution in [3.8, 4) is 5.75 Å². The molecule has 0 aliphatic carbocycles.